The van der Waals surface area contributed by atoms with Gasteiger partial charge in [-0.2, -0.15) is 0 Å². The predicted molar refractivity (Wildman–Crippen MR) is 129 cm³/mol. The zero-order valence-electron chi connectivity index (χ0n) is 19.6. The summed E-state index contributed by atoms with van der Waals surface area (Å²) in [5.41, 5.74) is 8.57. The van der Waals surface area contributed by atoms with Crippen molar-refractivity contribution in [2.45, 2.75) is 19.3 Å². The molecule has 1 aromatic heterocycles. The maximum Gasteiger partial charge on any atom is 0.404 e. The average Bonchev–Trinajstić information content (AvgIpc) is 3.35. The van der Waals surface area contributed by atoms with Crippen molar-refractivity contribution in [3.05, 3.63) is 71.9 Å². The van der Waals surface area contributed by atoms with E-state index >= 15 is 0 Å². The summed E-state index contributed by atoms with van der Waals surface area (Å²) in [5, 5.41) is 6.34. The van der Waals surface area contributed by atoms with Crippen molar-refractivity contribution in [1.29, 1.82) is 0 Å². The number of carbonyl (C=O) groups is 2. The molecule has 3 N–H and O–H groups in total. The fraction of sp³-hybridized carbons (Fsp3) is 0.346. The van der Waals surface area contributed by atoms with Gasteiger partial charge in [0.15, 0.2) is 5.69 Å². The molecule has 0 radical (unpaired) electrons. The number of hydrogen-bond acceptors (Lipinski definition) is 6. The van der Waals surface area contributed by atoms with Crippen LogP contribution in [0.1, 0.15) is 29.1 Å². The Bertz CT molecular complexity index is 1140. The van der Waals surface area contributed by atoms with Crippen molar-refractivity contribution in [1.82, 2.24) is 10.5 Å². The van der Waals surface area contributed by atoms with E-state index in [1.165, 1.54) is 19.2 Å². The molecule has 3 aromatic rings. The van der Waals surface area contributed by atoms with Crippen molar-refractivity contribution in [2.24, 2.45) is 17.6 Å². The Kier molecular flexibility index (Phi) is 7.64. The number of benzene rings is 2. The number of nitrogens with two attached hydrogens (primary N) is 1. The molecular weight excluding hydrogens is 451 g/mol. The molecular formula is C26H29FN4O4. The number of rotatable bonds is 8. The van der Waals surface area contributed by atoms with Crippen molar-refractivity contribution in [3.63, 3.8) is 0 Å². The number of aromatic nitrogens is 1. The first-order valence-corrected chi connectivity index (χ1v) is 11.6. The van der Waals surface area contributed by atoms with Gasteiger partial charge in [0.05, 0.1) is 6.61 Å². The normalized spacial score (nSPS) is 15.0. The molecule has 1 aliphatic heterocycles. The fourth-order valence-corrected chi connectivity index (χ4v) is 4.59. The Labute approximate surface area is 203 Å². The molecule has 9 heteroatoms. The monoisotopic (exact) mass is 480 g/mol. The van der Waals surface area contributed by atoms with E-state index in [1.54, 1.807) is 18.2 Å². The maximum absolute atomic E-state index is 13.2. The molecule has 1 aliphatic rings. The van der Waals surface area contributed by atoms with Gasteiger partial charge < -0.3 is 25.2 Å². The van der Waals surface area contributed by atoms with E-state index in [1.807, 2.05) is 12.1 Å². The van der Waals surface area contributed by atoms with Crippen LogP contribution in [0.3, 0.4) is 0 Å². The van der Waals surface area contributed by atoms with Gasteiger partial charge in [-0.25, -0.2) is 9.18 Å². The third-order valence-electron chi connectivity index (χ3n) is 6.54. The molecule has 8 nitrogen and oxygen atoms in total. The molecule has 0 saturated carbocycles. The van der Waals surface area contributed by atoms with Crippen LogP contribution in [0.25, 0.3) is 11.1 Å². The third-order valence-corrected chi connectivity index (χ3v) is 6.54. The highest BCUT2D eigenvalue weighted by Gasteiger charge is 2.29. The molecule has 1 atom stereocenters. The Balaban J connectivity index is 1.38. The predicted octanol–water partition coefficient (Wildman–Crippen LogP) is 4.01. The molecule has 184 valence electrons. The van der Waals surface area contributed by atoms with Crippen LogP contribution < -0.4 is 16.0 Å². The van der Waals surface area contributed by atoms with Crippen LogP contribution in [-0.2, 0) is 11.2 Å². The number of nitrogens with zero attached hydrogens (tertiary/aromatic N) is 2. The van der Waals surface area contributed by atoms with E-state index in [2.05, 4.69) is 27.5 Å². The third kappa shape index (κ3) is 6.17. The second-order valence-corrected chi connectivity index (χ2v) is 8.73. The van der Waals surface area contributed by atoms with Crippen LogP contribution in [0, 0.1) is 17.7 Å². The second-order valence-electron chi connectivity index (χ2n) is 8.73. The summed E-state index contributed by atoms with van der Waals surface area (Å²) in [6, 6.07) is 16.4. The van der Waals surface area contributed by atoms with Crippen LogP contribution in [0.5, 0.6) is 0 Å². The number of halogens is 1. The lowest BCUT2D eigenvalue weighted by Gasteiger charge is -2.37. The molecule has 2 amide bonds. The zero-order chi connectivity index (χ0) is 24.8. The van der Waals surface area contributed by atoms with Crippen LogP contribution in [0.4, 0.5) is 14.9 Å². The van der Waals surface area contributed by atoms with Gasteiger partial charge in [-0.3, -0.25) is 4.79 Å². The van der Waals surface area contributed by atoms with Gasteiger partial charge in [-0.05, 0) is 54.2 Å². The highest BCUT2D eigenvalue weighted by molar-refractivity contribution is 5.91. The fourth-order valence-electron chi connectivity index (χ4n) is 4.59. The Morgan fingerprint density at radius 1 is 1.14 bits per heavy atom. The lowest BCUT2D eigenvalue weighted by molar-refractivity contribution is 0.0952. The van der Waals surface area contributed by atoms with Crippen LogP contribution in [0.2, 0.25) is 0 Å². The van der Waals surface area contributed by atoms with Gasteiger partial charge in [0.1, 0.15) is 11.6 Å². The van der Waals surface area contributed by atoms with Gasteiger partial charge in [-0.1, -0.05) is 29.4 Å². The van der Waals surface area contributed by atoms with Gasteiger partial charge in [-0.15, -0.1) is 0 Å². The summed E-state index contributed by atoms with van der Waals surface area (Å²) in [7, 11) is 1.53. The summed E-state index contributed by atoms with van der Waals surface area (Å²) < 4.78 is 23.7. The van der Waals surface area contributed by atoms with Crippen LogP contribution in [-0.4, -0.2) is 43.9 Å². The van der Waals surface area contributed by atoms with E-state index < -0.39 is 6.09 Å². The molecule has 35 heavy (non-hydrogen) atoms. The summed E-state index contributed by atoms with van der Waals surface area (Å²) >= 11 is 0. The molecule has 2 aromatic carbocycles. The number of piperidine rings is 1. The van der Waals surface area contributed by atoms with Crippen molar-refractivity contribution < 1.29 is 23.2 Å². The van der Waals surface area contributed by atoms with Crippen LogP contribution >= 0.6 is 0 Å². The minimum Gasteiger partial charge on any atom is -0.449 e. The summed E-state index contributed by atoms with van der Waals surface area (Å²) in [5.74, 6) is 0.292. The Morgan fingerprint density at radius 3 is 2.37 bits per heavy atom. The first-order valence-electron chi connectivity index (χ1n) is 11.6. The summed E-state index contributed by atoms with van der Waals surface area (Å²) in [4.78, 5) is 25.3. The molecule has 0 spiro atoms. The molecule has 1 saturated heterocycles. The highest BCUT2D eigenvalue weighted by atomic mass is 19.1. The first-order chi connectivity index (χ1) is 16.9. The van der Waals surface area contributed by atoms with Crippen molar-refractivity contribution >= 4 is 17.7 Å². The van der Waals surface area contributed by atoms with E-state index in [-0.39, 0.29) is 35.9 Å². The summed E-state index contributed by atoms with van der Waals surface area (Å²) in [6.45, 7) is 1.89. The van der Waals surface area contributed by atoms with Gasteiger partial charge >= 0.3 is 6.09 Å². The van der Waals surface area contributed by atoms with Gasteiger partial charge in [0.25, 0.3) is 5.91 Å². The molecule has 4 rings (SSSR count). The topological polar surface area (TPSA) is 111 Å². The smallest absolute Gasteiger partial charge is 0.404 e. The van der Waals surface area contributed by atoms with E-state index in [0.29, 0.717) is 12.2 Å². The van der Waals surface area contributed by atoms with Crippen LogP contribution in [0.15, 0.2) is 59.1 Å². The second kappa shape index (κ2) is 11.0. The van der Waals surface area contributed by atoms with Gasteiger partial charge in [0.2, 0.25) is 0 Å². The van der Waals surface area contributed by atoms with Crippen molar-refractivity contribution in [3.8, 4) is 11.1 Å². The lowest BCUT2D eigenvalue weighted by atomic mass is 9.82. The standard InChI is InChI=1S/C26H29FN4O4/c1-29-25(32)24-15-23(35-30-24)14-20(16-34-26(28)33)19-10-12-31(13-11-19)22-8-4-18(5-9-22)17-2-6-21(27)7-3-17/h2-9,15,19-20H,10-14,16H2,1H3,(H2,28,33)(H,29,32). The number of nitrogens with one attached hydrogen (secondary N) is 1. The van der Waals surface area contributed by atoms with Crippen molar-refractivity contribution in [2.75, 3.05) is 31.6 Å². The lowest BCUT2D eigenvalue weighted by Crippen LogP contribution is -2.38. The number of primary amides is 1. The highest BCUT2D eigenvalue weighted by Crippen LogP contribution is 2.32. The largest absolute Gasteiger partial charge is 0.449 e. The Morgan fingerprint density at radius 2 is 1.77 bits per heavy atom. The zero-order valence-corrected chi connectivity index (χ0v) is 19.6. The quantitative estimate of drug-likeness (QED) is 0.504. The first kappa shape index (κ1) is 24.3. The molecule has 1 unspecified atom stereocenters. The van der Waals surface area contributed by atoms with E-state index in [0.717, 1.165) is 42.7 Å². The number of ether oxygens (including phenoxy) is 1. The maximum atomic E-state index is 13.2. The Hall–Kier alpha value is -3.88. The van der Waals surface area contributed by atoms with E-state index in [9.17, 15) is 14.0 Å². The SMILES string of the molecule is CNC(=O)c1cc(CC(COC(N)=O)C2CCN(c3ccc(-c4ccc(F)cc4)cc3)CC2)on1. The summed E-state index contributed by atoms with van der Waals surface area (Å²) in [6.07, 6.45) is 1.50. The molecule has 0 aliphatic carbocycles. The molecule has 0 bridgehead atoms. The minimum absolute atomic E-state index is 0.00371. The number of amides is 2. The van der Waals surface area contributed by atoms with Gasteiger partial charge in [0, 0.05) is 44.2 Å². The number of anilines is 1. The average molecular weight is 481 g/mol. The molecule has 1 fully saturated rings. The van der Waals surface area contributed by atoms with E-state index in [4.69, 9.17) is 15.0 Å². The number of hydrogen-bond donors (Lipinski definition) is 2. The number of carbonyl (C=O) groups excluding carboxylic acids is 2. The molecule has 2 heterocycles. The minimum atomic E-state index is -0.808.